The largest absolute Gasteiger partial charge is 0.492 e. The molecule has 0 saturated heterocycles. The predicted octanol–water partition coefficient (Wildman–Crippen LogP) is 2.09. The van der Waals surface area contributed by atoms with E-state index < -0.39 is 0 Å². The van der Waals surface area contributed by atoms with Crippen molar-refractivity contribution in [3.05, 3.63) is 46.7 Å². The van der Waals surface area contributed by atoms with Crippen molar-refractivity contribution in [1.82, 2.24) is 10.3 Å². The minimum Gasteiger partial charge on any atom is -0.492 e. The predicted molar refractivity (Wildman–Crippen MR) is 66.3 cm³/mol. The number of carbonyl (C=O) groups excluding carboxylic acids is 1. The Morgan fingerprint density at radius 1 is 1.50 bits per heavy atom. The highest BCUT2D eigenvalue weighted by molar-refractivity contribution is 7.07. The number of rotatable bonds is 5. The molecule has 0 unspecified atom stereocenters. The van der Waals surface area contributed by atoms with Crippen LogP contribution >= 0.6 is 11.3 Å². The molecule has 2 aromatic rings. The van der Waals surface area contributed by atoms with Gasteiger partial charge in [0.15, 0.2) is 0 Å². The summed E-state index contributed by atoms with van der Waals surface area (Å²) < 4.78 is 18.1. The first-order valence-electron chi connectivity index (χ1n) is 5.30. The number of carbonyl (C=O) groups is 1. The second kappa shape index (κ2) is 6.11. The summed E-state index contributed by atoms with van der Waals surface area (Å²) in [7, 11) is 0. The molecule has 0 aliphatic heterocycles. The second-order valence-electron chi connectivity index (χ2n) is 3.44. The van der Waals surface area contributed by atoms with Gasteiger partial charge in [0.25, 0.3) is 5.91 Å². The van der Waals surface area contributed by atoms with Crippen LogP contribution in [0.3, 0.4) is 0 Å². The highest BCUT2D eigenvalue weighted by Crippen LogP contribution is 2.11. The minimum absolute atomic E-state index is 0.237. The molecule has 0 radical (unpaired) electrons. The molecule has 0 atom stereocenters. The van der Waals surface area contributed by atoms with E-state index in [1.165, 1.54) is 23.5 Å². The van der Waals surface area contributed by atoms with Crippen molar-refractivity contribution in [3.63, 3.8) is 0 Å². The lowest BCUT2D eigenvalue weighted by Gasteiger charge is -2.06. The summed E-state index contributed by atoms with van der Waals surface area (Å²) in [6.45, 7) is 0.617. The molecule has 1 aromatic heterocycles. The summed E-state index contributed by atoms with van der Waals surface area (Å²) in [6.07, 6.45) is 0. The number of aromatic nitrogens is 1. The highest BCUT2D eigenvalue weighted by atomic mass is 32.1. The fourth-order valence-electron chi connectivity index (χ4n) is 1.31. The van der Waals surface area contributed by atoms with Crippen LogP contribution in [-0.2, 0) is 0 Å². The third kappa shape index (κ3) is 3.53. The van der Waals surface area contributed by atoms with Crippen LogP contribution in [0.5, 0.6) is 5.75 Å². The quantitative estimate of drug-likeness (QED) is 0.843. The van der Waals surface area contributed by atoms with Gasteiger partial charge in [0.2, 0.25) is 0 Å². The lowest BCUT2D eigenvalue weighted by atomic mass is 10.3. The lowest BCUT2D eigenvalue weighted by Crippen LogP contribution is -2.28. The number of hydrogen-bond acceptors (Lipinski definition) is 4. The molecule has 6 heteroatoms. The molecule has 0 saturated carbocycles. The number of nitrogens with one attached hydrogen (secondary N) is 1. The van der Waals surface area contributed by atoms with Gasteiger partial charge in [-0.25, -0.2) is 9.37 Å². The molecule has 0 fully saturated rings. The third-order valence-electron chi connectivity index (χ3n) is 2.12. The van der Waals surface area contributed by atoms with Crippen LogP contribution in [0.4, 0.5) is 4.39 Å². The molecule has 0 bridgehead atoms. The Hall–Kier alpha value is -1.95. The number of ether oxygens (including phenoxy) is 1. The van der Waals surface area contributed by atoms with Gasteiger partial charge in [-0.2, -0.15) is 0 Å². The van der Waals surface area contributed by atoms with E-state index in [2.05, 4.69) is 10.3 Å². The van der Waals surface area contributed by atoms with Crippen LogP contribution in [0, 0.1) is 5.82 Å². The third-order valence-corrected chi connectivity index (χ3v) is 2.70. The SMILES string of the molecule is O=C(NCCOc1cccc(F)c1)c1cscn1. The molecular formula is C12H11FN2O2S. The summed E-state index contributed by atoms with van der Waals surface area (Å²) in [5, 5.41) is 4.33. The summed E-state index contributed by atoms with van der Waals surface area (Å²) in [5.41, 5.74) is 1.99. The first-order chi connectivity index (χ1) is 8.75. The molecular weight excluding hydrogens is 255 g/mol. The molecule has 0 spiro atoms. The number of nitrogens with zero attached hydrogens (tertiary/aromatic N) is 1. The topological polar surface area (TPSA) is 51.2 Å². The van der Waals surface area contributed by atoms with Gasteiger partial charge in [-0.1, -0.05) is 6.07 Å². The normalized spacial score (nSPS) is 10.1. The lowest BCUT2D eigenvalue weighted by molar-refractivity contribution is 0.0942. The van der Waals surface area contributed by atoms with Crippen molar-refractivity contribution in [2.45, 2.75) is 0 Å². The standard InChI is InChI=1S/C12H11FN2O2S/c13-9-2-1-3-10(6-9)17-5-4-14-12(16)11-7-18-8-15-11/h1-3,6-8H,4-5H2,(H,14,16). The van der Waals surface area contributed by atoms with Crippen LogP contribution in [0.15, 0.2) is 35.2 Å². The average molecular weight is 266 g/mol. The maximum Gasteiger partial charge on any atom is 0.270 e. The van der Waals surface area contributed by atoms with Crippen LogP contribution in [-0.4, -0.2) is 24.0 Å². The van der Waals surface area contributed by atoms with E-state index in [1.54, 1.807) is 23.0 Å². The van der Waals surface area contributed by atoms with E-state index in [1.807, 2.05) is 0 Å². The van der Waals surface area contributed by atoms with Crippen molar-refractivity contribution < 1.29 is 13.9 Å². The number of thiazole rings is 1. The Balaban J connectivity index is 1.72. The van der Waals surface area contributed by atoms with Gasteiger partial charge in [0.05, 0.1) is 12.1 Å². The maximum atomic E-state index is 12.8. The van der Waals surface area contributed by atoms with Crippen LogP contribution in [0.1, 0.15) is 10.5 Å². The van der Waals surface area contributed by atoms with Crippen LogP contribution < -0.4 is 10.1 Å². The Kier molecular flexibility index (Phi) is 4.25. The zero-order chi connectivity index (χ0) is 12.8. The van der Waals surface area contributed by atoms with Gasteiger partial charge in [0.1, 0.15) is 23.9 Å². The number of hydrogen-bond donors (Lipinski definition) is 1. The number of benzene rings is 1. The Labute approximate surface area is 107 Å². The first-order valence-corrected chi connectivity index (χ1v) is 6.25. The van der Waals surface area contributed by atoms with Crippen molar-refractivity contribution >= 4 is 17.2 Å². The molecule has 2 rings (SSSR count). The molecule has 1 heterocycles. The van der Waals surface area contributed by atoms with Gasteiger partial charge in [-0.15, -0.1) is 11.3 Å². The van der Waals surface area contributed by atoms with Crippen LogP contribution in [0.2, 0.25) is 0 Å². The molecule has 0 aliphatic carbocycles. The smallest absolute Gasteiger partial charge is 0.270 e. The zero-order valence-corrected chi connectivity index (χ0v) is 10.2. The average Bonchev–Trinajstić information content (AvgIpc) is 2.88. The molecule has 1 aromatic carbocycles. The molecule has 4 nitrogen and oxygen atoms in total. The van der Waals surface area contributed by atoms with E-state index in [-0.39, 0.29) is 18.3 Å². The number of amides is 1. The molecule has 0 aliphatic rings. The summed E-state index contributed by atoms with van der Waals surface area (Å²) >= 11 is 1.36. The van der Waals surface area contributed by atoms with Gasteiger partial charge < -0.3 is 10.1 Å². The van der Waals surface area contributed by atoms with E-state index in [9.17, 15) is 9.18 Å². The second-order valence-corrected chi connectivity index (χ2v) is 4.15. The Morgan fingerprint density at radius 3 is 3.11 bits per heavy atom. The summed E-state index contributed by atoms with van der Waals surface area (Å²) in [5.74, 6) is -0.143. The van der Waals surface area contributed by atoms with E-state index >= 15 is 0 Å². The summed E-state index contributed by atoms with van der Waals surface area (Å²) in [4.78, 5) is 15.4. The molecule has 1 N–H and O–H groups in total. The maximum absolute atomic E-state index is 12.8. The van der Waals surface area contributed by atoms with E-state index in [0.29, 0.717) is 18.0 Å². The molecule has 94 valence electrons. The Morgan fingerprint density at radius 2 is 2.39 bits per heavy atom. The van der Waals surface area contributed by atoms with Gasteiger partial charge in [-0.3, -0.25) is 4.79 Å². The van der Waals surface area contributed by atoms with E-state index in [0.717, 1.165) is 0 Å². The van der Waals surface area contributed by atoms with E-state index in [4.69, 9.17) is 4.74 Å². The zero-order valence-electron chi connectivity index (χ0n) is 9.43. The van der Waals surface area contributed by atoms with Gasteiger partial charge >= 0.3 is 0 Å². The molecule has 1 amide bonds. The minimum atomic E-state index is -0.348. The number of halogens is 1. The fraction of sp³-hybridized carbons (Fsp3) is 0.167. The van der Waals surface area contributed by atoms with Crippen LogP contribution in [0.25, 0.3) is 0 Å². The highest BCUT2D eigenvalue weighted by Gasteiger charge is 2.06. The van der Waals surface area contributed by atoms with Crippen molar-refractivity contribution in [2.75, 3.05) is 13.2 Å². The first kappa shape index (κ1) is 12.5. The van der Waals surface area contributed by atoms with Gasteiger partial charge in [0, 0.05) is 11.4 Å². The molecule has 18 heavy (non-hydrogen) atoms. The van der Waals surface area contributed by atoms with Crippen molar-refractivity contribution in [3.8, 4) is 5.75 Å². The monoisotopic (exact) mass is 266 g/mol. The van der Waals surface area contributed by atoms with Crippen molar-refractivity contribution in [1.29, 1.82) is 0 Å². The van der Waals surface area contributed by atoms with Gasteiger partial charge in [-0.05, 0) is 12.1 Å². The Bertz CT molecular complexity index is 517. The van der Waals surface area contributed by atoms with Crippen molar-refractivity contribution in [2.24, 2.45) is 0 Å². The summed E-state index contributed by atoms with van der Waals surface area (Å²) in [6, 6.07) is 5.86. The fourth-order valence-corrected chi connectivity index (χ4v) is 1.84.